The lowest BCUT2D eigenvalue weighted by molar-refractivity contribution is -0.142. The zero-order chi connectivity index (χ0) is 10.9. The fraction of sp³-hybridized carbons (Fsp3) is 0.625. The molecule has 0 bridgehead atoms. The van der Waals surface area contributed by atoms with Gasteiger partial charge >= 0.3 is 12.1 Å². The molecular weight excluding hydrogens is 190 g/mol. The first-order valence-electron chi connectivity index (χ1n) is 4.17. The third kappa shape index (κ3) is 1.84. The Kier molecular flexibility index (Phi) is 2.73. The Hall–Kier alpha value is -1.59. The van der Waals surface area contributed by atoms with Gasteiger partial charge in [0.05, 0.1) is 0 Å². The van der Waals surface area contributed by atoms with E-state index in [0.717, 1.165) is 0 Å². The summed E-state index contributed by atoms with van der Waals surface area (Å²) >= 11 is 0. The average molecular weight is 201 g/mol. The Morgan fingerprint density at radius 3 is 2.50 bits per heavy atom. The van der Waals surface area contributed by atoms with Crippen LogP contribution in [0, 0.1) is 5.92 Å². The largest absolute Gasteiger partial charge is 0.480 e. The van der Waals surface area contributed by atoms with E-state index in [1.54, 1.807) is 13.8 Å². The highest BCUT2D eigenvalue weighted by atomic mass is 16.6. The predicted molar refractivity (Wildman–Crippen MR) is 44.5 cm³/mol. The highest BCUT2D eigenvalue weighted by Gasteiger charge is 2.42. The zero-order valence-electron chi connectivity index (χ0n) is 7.89. The van der Waals surface area contributed by atoms with E-state index >= 15 is 0 Å². The molecular formula is C8H11NO5. The minimum atomic E-state index is -1.24. The fourth-order valence-corrected chi connectivity index (χ4v) is 1.17. The van der Waals surface area contributed by atoms with Crippen LogP contribution in [0.25, 0.3) is 0 Å². The number of cyclic esters (lactones) is 1. The molecule has 1 atom stereocenters. The normalized spacial score (nSPS) is 21.6. The van der Waals surface area contributed by atoms with E-state index in [0.29, 0.717) is 4.90 Å². The minimum Gasteiger partial charge on any atom is -0.480 e. The number of imide groups is 1. The van der Waals surface area contributed by atoms with Gasteiger partial charge < -0.3 is 9.84 Å². The second kappa shape index (κ2) is 3.65. The van der Waals surface area contributed by atoms with Crippen molar-refractivity contribution in [1.29, 1.82) is 0 Å². The number of amides is 2. The maximum Gasteiger partial charge on any atom is 0.417 e. The Bertz CT molecular complexity index is 285. The standard InChI is InChI=1S/C8H11NO5/c1-4(2)6-7(12)9(3-5(10)11)8(13)14-6/h4,6H,3H2,1-2H3,(H,10,11)/t6-/m1/s1. The first kappa shape index (κ1) is 10.5. The monoisotopic (exact) mass is 201 g/mol. The van der Waals surface area contributed by atoms with E-state index < -0.39 is 30.6 Å². The second-order valence-corrected chi connectivity index (χ2v) is 3.37. The molecule has 0 saturated carbocycles. The van der Waals surface area contributed by atoms with Crippen molar-refractivity contribution < 1.29 is 24.2 Å². The van der Waals surface area contributed by atoms with Crippen molar-refractivity contribution in [3.63, 3.8) is 0 Å². The van der Waals surface area contributed by atoms with E-state index in [1.807, 2.05) is 0 Å². The molecule has 0 unspecified atom stereocenters. The lowest BCUT2D eigenvalue weighted by Crippen LogP contribution is -2.37. The van der Waals surface area contributed by atoms with Gasteiger partial charge in [0.15, 0.2) is 6.10 Å². The quantitative estimate of drug-likeness (QED) is 0.698. The summed E-state index contributed by atoms with van der Waals surface area (Å²) in [6, 6.07) is 0. The van der Waals surface area contributed by atoms with Crippen LogP contribution in [-0.4, -0.2) is 40.6 Å². The number of nitrogens with zero attached hydrogens (tertiary/aromatic N) is 1. The Balaban J connectivity index is 2.75. The molecule has 1 aliphatic rings. The third-order valence-electron chi connectivity index (χ3n) is 1.86. The summed E-state index contributed by atoms with van der Waals surface area (Å²) in [5, 5.41) is 8.43. The van der Waals surface area contributed by atoms with Crippen LogP contribution in [0.3, 0.4) is 0 Å². The molecule has 0 radical (unpaired) electrons. The Labute approximate surface area is 80.4 Å². The van der Waals surface area contributed by atoms with Gasteiger partial charge in [-0.15, -0.1) is 0 Å². The number of carbonyl (C=O) groups is 3. The van der Waals surface area contributed by atoms with Crippen LogP contribution in [0.1, 0.15) is 13.8 Å². The number of hydrogen-bond donors (Lipinski definition) is 1. The summed E-state index contributed by atoms with van der Waals surface area (Å²) in [5.41, 5.74) is 0. The van der Waals surface area contributed by atoms with E-state index in [-0.39, 0.29) is 5.92 Å². The molecule has 6 nitrogen and oxygen atoms in total. The van der Waals surface area contributed by atoms with Gasteiger partial charge in [-0.25, -0.2) is 9.69 Å². The molecule has 6 heteroatoms. The molecule has 2 amide bonds. The molecule has 1 saturated heterocycles. The lowest BCUT2D eigenvalue weighted by atomic mass is 10.1. The lowest BCUT2D eigenvalue weighted by Gasteiger charge is -2.10. The van der Waals surface area contributed by atoms with Gasteiger partial charge in [0, 0.05) is 0 Å². The first-order valence-corrected chi connectivity index (χ1v) is 4.17. The molecule has 1 heterocycles. The molecule has 0 aromatic rings. The summed E-state index contributed by atoms with van der Waals surface area (Å²) in [5.74, 6) is -1.96. The molecule has 1 fully saturated rings. The van der Waals surface area contributed by atoms with Gasteiger partial charge in [0.1, 0.15) is 6.54 Å². The predicted octanol–water partition coefficient (Wildman–Crippen LogP) is 0.0744. The van der Waals surface area contributed by atoms with Crippen molar-refractivity contribution in [2.75, 3.05) is 6.54 Å². The summed E-state index contributed by atoms with van der Waals surface area (Å²) in [6.45, 7) is 2.81. The molecule has 1 rings (SSSR count). The van der Waals surface area contributed by atoms with Crippen molar-refractivity contribution in [3.05, 3.63) is 0 Å². The summed E-state index contributed by atoms with van der Waals surface area (Å²) in [4.78, 5) is 33.4. The number of ether oxygens (including phenoxy) is 1. The van der Waals surface area contributed by atoms with Crippen LogP contribution >= 0.6 is 0 Å². The van der Waals surface area contributed by atoms with E-state index in [4.69, 9.17) is 9.84 Å². The fourth-order valence-electron chi connectivity index (χ4n) is 1.17. The van der Waals surface area contributed by atoms with E-state index in [9.17, 15) is 14.4 Å². The van der Waals surface area contributed by atoms with E-state index in [1.165, 1.54) is 0 Å². The Morgan fingerprint density at radius 1 is 1.57 bits per heavy atom. The van der Waals surface area contributed by atoms with Crippen LogP contribution in [-0.2, 0) is 14.3 Å². The summed E-state index contributed by atoms with van der Waals surface area (Å²) < 4.78 is 4.72. The minimum absolute atomic E-state index is 0.148. The van der Waals surface area contributed by atoms with Crippen LogP contribution in [0.4, 0.5) is 4.79 Å². The van der Waals surface area contributed by atoms with Gasteiger partial charge in [-0.3, -0.25) is 9.59 Å². The highest BCUT2D eigenvalue weighted by molar-refractivity contribution is 6.02. The molecule has 0 spiro atoms. The van der Waals surface area contributed by atoms with Crippen molar-refractivity contribution >= 4 is 18.0 Å². The van der Waals surface area contributed by atoms with Crippen molar-refractivity contribution in [2.45, 2.75) is 20.0 Å². The zero-order valence-corrected chi connectivity index (χ0v) is 7.89. The van der Waals surface area contributed by atoms with Crippen LogP contribution in [0.2, 0.25) is 0 Å². The summed E-state index contributed by atoms with van der Waals surface area (Å²) in [6.07, 6.45) is -1.72. The van der Waals surface area contributed by atoms with Gasteiger partial charge in [0.25, 0.3) is 5.91 Å². The van der Waals surface area contributed by atoms with Gasteiger partial charge in [-0.1, -0.05) is 13.8 Å². The average Bonchev–Trinajstić information content (AvgIpc) is 2.31. The molecule has 0 aliphatic carbocycles. The number of carbonyl (C=O) groups excluding carboxylic acids is 2. The van der Waals surface area contributed by atoms with E-state index in [2.05, 4.69) is 0 Å². The number of aliphatic carboxylic acids is 1. The molecule has 1 aliphatic heterocycles. The molecule has 0 aromatic heterocycles. The van der Waals surface area contributed by atoms with Crippen molar-refractivity contribution in [3.8, 4) is 0 Å². The summed E-state index contributed by atoms with van der Waals surface area (Å²) in [7, 11) is 0. The number of hydrogen-bond acceptors (Lipinski definition) is 4. The maximum absolute atomic E-state index is 11.4. The van der Waals surface area contributed by atoms with Crippen LogP contribution < -0.4 is 0 Å². The number of rotatable bonds is 3. The molecule has 0 aromatic carbocycles. The molecule has 1 N–H and O–H groups in total. The topological polar surface area (TPSA) is 83.9 Å². The number of carboxylic acid groups (broad SMARTS) is 1. The second-order valence-electron chi connectivity index (χ2n) is 3.37. The first-order chi connectivity index (χ1) is 6.43. The SMILES string of the molecule is CC(C)[C@H]1OC(=O)N(CC(=O)O)C1=O. The third-order valence-corrected chi connectivity index (χ3v) is 1.86. The smallest absolute Gasteiger partial charge is 0.417 e. The van der Waals surface area contributed by atoms with Gasteiger partial charge in [-0.2, -0.15) is 0 Å². The number of carboxylic acids is 1. The van der Waals surface area contributed by atoms with Gasteiger partial charge in [-0.05, 0) is 5.92 Å². The highest BCUT2D eigenvalue weighted by Crippen LogP contribution is 2.19. The van der Waals surface area contributed by atoms with Crippen molar-refractivity contribution in [2.24, 2.45) is 5.92 Å². The van der Waals surface area contributed by atoms with Gasteiger partial charge in [0.2, 0.25) is 0 Å². The van der Waals surface area contributed by atoms with Crippen molar-refractivity contribution in [1.82, 2.24) is 4.90 Å². The van der Waals surface area contributed by atoms with Crippen LogP contribution in [0.5, 0.6) is 0 Å². The molecule has 78 valence electrons. The van der Waals surface area contributed by atoms with Crippen LogP contribution in [0.15, 0.2) is 0 Å². The Morgan fingerprint density at radius 2 is 2.14 bits per heavy atom. The maximum atomic E-state index is 11.4. The molecule has 14 heavy (non-hydrogen) atoms.